The molecule has 1 unspecified atom stereocenters. The van der Waals surface area contributed by atoms with Crippen LogP contribution in [0.4, 0.5) is 5.69 Å². The van der Waals surface area contributed by atoms with E-state index in [0.29, 0.717) is 11.3 Å². The van der Waals surface area contributed by atoms with Crippen molar-refractivity contribution < 1.29 is 9.00 Å². The lowest BCUT2D eigenvalue weighted by atomic mass is 10.0. The predicted octanol–water partition coefficient (Wildman–Crippen LogP) is 3.59. The Bertz CT molecular complexity index is 1060. The van der Waals surface area contributed by atoms with Gasteiger partial charge in [-0.25, -0.2) is 9.19 Å². The van der Waals surface area contributed by atoms with Crippen LogP contribution in [0.2, 0.25) is 0 Å². The summed E-state index contributed by atoms with van der Waals surface area (Å²) in [5, 5.41) is 1.14. The molecule has 0 aliphatic carbocycles. The van der Waals surface area contributed by atoms with Gasteiger partial charge in [-0.05, 0) is 36.2 Å². The average Bonchev–Trinajstić information content (AvgIpc) is 3.21. The fourth-order valence-electron chi connectivity index (χ4n) is 3.81. The van der Waals surface area contributed by atoms with Crippen molar-refractivity contribution in [2.75, 3.05) is 36.8 Å². The van der Waals surface area contributed by atoms with Crippen molar-refractivity contribution in [3.63, 3.8) is 0 Å². The van der Waals surface area contributed by atoms with Crippen LogP contribution in [0.15, 0.2) is 42.5 Å². The topological polar surface area (TPSA) is 65.5 Å². The summed E-state index contributed by atoms with van der Waals surface area (Å²) < 4.78 is 15.7. The molecule has 2 heterocycles. The number of para-hydroxylation sites is 1. The molecule has 6 nitrogen and oxygen atoms in total. The van der Waals surface area contributed by atoms with Crippen LogP contribution in [0, 0.1) is 0 Å². The van der Waals surface area contributed by atoms with Gasteiger partial charge in [-0.2, -0.15) is 0 Å². The third kappa shape index (κ3) is 5.14. The SMILES string of the molecule is CCc1ccc(C(=O)NS(=O)CC)c(N2CCN(Cc3nc4ccccc4s3)CC2)c1. The lowest BCUT2D eigenvalue weighted by molar-refractivity contribution is 0.0983. The second kappa shape index (κ2) is 9.89. The van der Waals surface area contributed by atoms with Crippen LogP contribution in [0.1, 0.15) is 34.8 Å². The zero-order valence-corrected chi connectivity index (χ0v) is 19.6. The number of thiazole rings is 1. The first-order valence-corrected chi connectivity index (χ1v) is 12.8. The van der Waals surface area contributed by atoms with Crippen LogP contribution >= 0.6 is 11.3 Å². The number of carbonyl (C=O) groups is 1. The number of hydrogen-bond acceptors (Lipinski definition) is 6. The van der Waals surface area contributed by atoms with Gasteiger partial charge in [-0.3, -0.25) is 14.4 Å². The monoisotopic (exact) mass is 456 g/mol. The van der Waals surface area contributed by atoms with Gasteiger partial charge in [-0.15, -0.1) is 11.3 Å². The minimum Gasteiger partial charge on any atom is -0.368 e. The maximum Gasteiger partial charge on any atom is 0.265 e. The number of piperazine rings is 1. The van der Waals surface area contributed by atoms with E-state index < -0.39 is 11.0 Å². The van der Waals surface area contributed by atoms with E-state index in [9.17, 15) is 9.00 Å². The van der Waals surface area contributed by atoms with Crippen LogP contribution in [0.5, 0.6) is 0 Å². The number of benzene rings is 2. The molecule has 3 aromatic rings. The van der Waals surface area contributed by atoms with Gasteiger partial charge in [0.2, 0.25) is 0 Å². The Labute approximate surface area is 189 Å². The highest BCUT2D eigenvalue weighted by Gasteiger charge is 2.23. The number of nitrogens with zero attached hydrogens (tertiary/aromatic N) is 3. The quantitative estimate of drug-likeness (QED) is 0.589. The Morgan fingerprint density at radius 3 is 2.61 bits per heavy atom. The van der Waals surface area contributed by atoms with Crippen LogP contribution in [0.3, 0.4) is 0 Å². The summed E-state index contributed by atoms with van der Waals surface area (Å²) in [4.78, 5) is 22.2. The van der Waals surface area contributed by atoms with E-state index >= 15 is 0 Å². The Morgan fingerprint density at radius 2 is 1.90 bits per heavy atom. The van der Waals surface area contributed by atoms with Crippen molar-refractivity contribution >= 4 is 44.1 Å². The highest BCUT2D eigenvalue weighted by Crippen LogP contribution is 2.26. The van der Waals surface area contributed by atoms with Crippen LogP contribution in [-0.2, 0) is 24.0 Å². The van der Waals surface area contributed by atoms with Gasteiger partial charge in [0.05, 0.1) is 22.3 Å². The van der Waals surface area contributed by atoms with Crippen molar-refractivity contribution in [3.05, 3.63) is 58.6 Å². The van der Waals surface area contributed by atoms with E-state index in [-0.39, 0.29) is 5.91 Å². The molecule has 8 heteroatoms. The van der Waals surface area contributed by atoms with E-state index in [4.69, 9.17) is 4.98 Å². The van der Waals surface area contributed by atoms with E-state index in [1.54, 1.807) is 18.3 Å². The molecule has 0 bridgehead atoms. The smallest absolute Gasteiger partial charge is 0.265 e. The highest BCUT2D eigenvalue weighted by molar-refractivity contribution is 7.83. The number of fused-ring (bicyclic) bond motifs is 1. The van der Waals surface area contributed by atoms with Gasteiger partial charge in [0.1, 0.15) is 16.0 Å². The number of nitrogens with one attached hydrogen (secondary N) is 1. The number of aromatic nitrogens is 1. The largest absolute Gasteiger partial charge is 0.368 e. The molecule has 0 radical (unpaired) electrons. The summed E-state index contributed by atoms with van der Waals surface area (Å²) in [5.74, 6) is 0.133. The van der Waals surface area contributed by atoms with Crippen molar-refractivity contribution in [3.8, 4) is 0 Å². The summed E-state index contributed by atoms with van der Waals surface area (Å²) >= 11 is 1.76. The molecule has 1 amide bonds. The maximum atomic E-state index is 12.7. The van der Waals surface area contributed by atoms with Crippen LogP contribution in [0.25, 0.3) is 10.2 Å². The molecule has 1 aliphatic rings. The second-order valence-corrected chi connectivity index (χ2v) is 10.2. The van der Waals surface area contributed by atoms with E-state index in [1.165, 1.54) is 10.3 Å². The number of amides is 1. The molecule has 31 heavy (non-hydrogen) atoms. The Kier molecular flexibility index (Phi) is 6.99. The molecule has 2 aromatic carbocycles. The van der Waals surface area contributed by atoms with Gasteiger partial charge in [0.15, 0.2) is 0 Å². The fourth-order valence-corrected chi connectivity index (χ4v) is 5.28. The lowest BCUT2D eigenvalue weighted by Crippen LogP contribution is -2.46. The number of rotatable bonds is 7. The minimum atomic E-state index is -1.35. The van der Waals surface area contributed by atoms with Gasteiger partial charge in [0, 0.05) is 37.6 Å². The molecule has 1 N–H and O–H groups in total. The van der Waals surface area contributed by atoms with Gasteiger partial charge in [-0.1, -0.05) is 32.0 Å². The Balaban J connectivity index is 1.45. The summed E-state index contributed by atoms with van der Waals surface area (Å²) in [6.07, 6.45) is 0.910. The Morgan fingerprint density at radius 1 is 1.13 bits per heavy atom. The minimum absolute atomic E-state index is 0.269. The van der Waals surface area contributed by atoms with E-state index in [0.717, 1.165) is 55.4 Å². The summed E-state index contributed by atoms with van der Waals surface area (Å²) in [5.41, 5.74) is 3.79. The third-order valence-corrected chi connectivity index (χ3v) is 7.55. The predicted molar refractivity (Wildman–Crippen MR) is 129 cm³/mol. The molecule has 0 saturated carbocycles. The molecule has 0 spiro atoms. The van der Waals surface area contributed by atoms with Crippen molar-refractivity contribution in [2.45, 2.75) is 26.8 Å². The standard InChI is InChI=1S/C23H28N4O2S2/c1-3-17-9-10-18(23(28)25-31(29)4-2)20(15-17)27-13-11-26(12-14-27)16-22-24-19-7-5-6-8-21(19)30-22/h5-10,15H,3-4,11-14,16H2,1-2H3,(H,25,28). The van der Waals surface area contributed by atoms with Crippen molar-refractivity contribution in [1.29, 1.82) is 0 Å². The number of aryl methyl sites for hydroxylation is 1. The lowest BCUT2D eigenvalue weighted by Gasteiger charge is -2.36. The van der Waals surface area contributed by atoms with Gasteiger partial charge < -0.3 is 4.90 Å². The number of anilines is 1. The molecule has 4 rings (SSSR count). The number of carbonyl (C=O) groups excluding carboxylic acids is 1. The molecule has 1 aliphatic heterocycles. The second-order valence-electron chi connectivity index (χ2n) is 7.61. The van der Waals surface area contributed by atoms with Gasteiger partial charge >= 0.3 is 0 Å². The van der Waals surface area contributed by atoms with Crippen molar-refractivity contribution in [2.24, 2.45) is 0 Å². The first kappa shape index (κ1) is 21.9. The first-order chi connectivity index (χ1) is 15.1. The molecule has 1 atom stereocenters. The normalized spacial score (nSPS) is 15.9. The molecule has 1 aromatic heterocycles. The Hall–Kier alpha value is -2.29. The zero-order chi connectivity index (χ0) is 21.8. The average molecular weight is 457 g/mol. The fraction of sp³-hybridized carbons (Fsp3) is 0.391. The number of hydrogen-bond donors (Lipinski definition) is 1. The van der Waals surface area contributed by atoms with Crippen LogP contribution in [-0.4, -0.2) is 51.9 Å². The first-order valence-electron chi connectivity index (χ1n) is 10.7. The molecule has 1 fully saturated rings. The van der Waals surface area contributed by atoms with Crippen LogP contribution < -0.4 is 9.62 Å². The summed E-state index contributed by atoms with van der Waals surface area (Å²) in [7, 11) is -1.35. The maximum absolute atomic E-state index is 12.7. The third-order valence-electron chi connectivity index (χ3n) is 5.59. The van der Waals surface area contributed by atoms with E-state index in [1.807, 2.05) is 18.2 Å². The summed E-state index contributed by atoms with van der Waals surface area (Å²) in [6, 6.07) is 14.2. The van der Waals surface area contributed by atoms with Gasteiger partial charge in [0.25, 0.3) is 5.91 Å². The molecular weight excluding hydrogens is 428 g/mol. The van der Waals surface area contributed by atoms with Crippen molar-refractivity contribution in [1.82, 2.24) is 14.6 Å². The molecule has 1 saturated heterocycles. The highest BCUT2D eigenvalue weighted by atomic mass is 32.2. The zero-order valence-electron chi connectivity index (χ0n) is 18.0. The molecular formula is C23H28N4O2S2. The molecule has 164 valence electrons. The van der Waals surface area contributed by atoms with E-state index in [2.05, 4.69) is 45.7 Å². The summed E-state index contributed by atoms with van der Waals surface area (Å²) in [6.45, 7) is 8.26.